The minimum absolute atomic E-state index is 0.000242. The molecule has 0 saturated carbocycles. The van der Waals surface area contributed by atoms with Crippen LogP contribution in [0.5, 0.6) is 23.0 Å². The van der Waals surface area contributed by atoms with Gasteiger partial charge in [0.15, 0.2) is 0 Å². The SMILES string of the molecule is COc1ccc2c(c1CNC(=O)[C@@H](CC(=O)OC(C)(C)C)NC(=O)[C@@H](Cc1c[nH]c3ccccc13)NC(=O)OCC1c3ccccc3-c3ccccc31)Oc1c(ccc(OC)c1CC(=O)OCc1ccccc1)C2(C)C. The number of hydrogen-bond donors (Lipinski definition) is 4. The third-order valence-corrected chi connectivity index (χ3v) is 13.9. The molecule has 15 nitrogen and oxygen atoms in total. The van der Waals surface area contributed by atoms with Gasteiger partial charge < -0.3 is 49.4 Å². The molecule has 3 amide bonds. The van der Waals surface area contributed by atoms with Gasteiger partial charge in [-0.05, 0) is 72.4 Å². The number of ether oxygens (including phenoxy) is 6. The molecule has 0 spiro atoms. The number of methoxy groups -OCH3 is 2. The summed E-state index contributed by atoms with van der Waals surface area (Å²) < 4.78 is 35.7. The Morgan fingerprint density at radius 2 is 1.28 bits per heavy atom. The number of carbonyl (C=O) groups is 5. The topological polar surface area (TPSA) is 193 Å². The minimum atomic E-state index is -1.49. The molecule has 15 heteroatoms. The van der Waals surface area contributed by atoms with E-state index in [1.165, 1.54) is 14.2 Å². The van der Waals surface area contributed by atoms with Crippen molar-refractivity contribution in [3.8, 4) is 34.1 Å². The fourth-order valence-electron chi connectivity index (χ4n) is 10.2. The zero-order chi connectivity index (χ0) is 53.7. The van der Waals surface area contributed by atoms with Crippen LogP contribution < -0.4 is 30.2 Å². The highest BCUT2D eigenvalue weighted by atomic mass is 16.6. The maximum atomic E-state index is 14.7. The number of esters is 2. The van der Waals surface area contributed by atoms with E-state index in [0.717, 1.165) is 55.4 Å². The Hall–Kier alpha value is -8.59. The van der Waals surface area contributed by atoms with Crippen LogP contribution in [0.2, 0.25) is 0 Å². The second kappa shape index (κ2) is 22.1. The normalized spacial score (nSPS) is 13.8. The molecule has 2 aliphatic rings. The van der Waals surface area contributed by atoms with Gasteiger partial charge in [0.2, 0.25) is 11.8 Å². The Labute approximate surface area is 441 Å². The van der Waals surface area contributed by atoms with Gasteiger partial charge >= 0.3 is 18.0 Å². The average molecular weight is 1030 g/mol. The van der Waals surface area contributed by atoms with E-state index in [9.17, 15) is 24.0 Å². The first kappa shape index (κ1) is 52.3. The highest BCUT2D eigenvalue weighted by Gasteiger charge is 2.40. The minimum Gasteiger partial charge on any atom is -0.496 e. The summed E-state index contributed by atoms with van der Waals surface area (Å²) in [6.07, 6.45) is 0.209. The molecule has 76 heavy (non-hydrogen) atoms. The Kier molecular flexibility index (Phi) is 15.2. The standard InChI is InChI=1S/C61H62N4O11/c1-60(2,3)76-54(67)31-50(64-58(69)49(29-37-32-62-48-24-16-15-19-38(37)48)65-59(70)74-35-45-41-22-13-11-20-39(41)40-21-12-14-23-42(40)45)57(68)63-33-44-52(72-7)28-26-47-56(44)75-55-43(51(71-6)27-25-46(55)61(47,4)5)30-53(66)73-34-36-17-9-8-10-18-36/h8-28,32,45,49-50,62H,29-31,33-35H2,1-7H3,(H,63,68)(H,64,69)(H,65,70)/t49-,50-/m1/s1. The number of hydrogen-bond acceptors (Lipinski definition) is 11. The van der Waals surface area contributed by atoms with Crippen molar-refractivity contribution < 1.29 is 52.4 Å². The van der Waals surface area contributed by atoms with Crippen LogP contribution in [-0.2, 0) is 64.8 Å². The number of carbonyl (C=O) groups excluding carboxylic acids is 5. The summed E-state index contributed by atoms with van der Waals surface area (Å²) >= 11 is 0. The fourth-order valence-corrected chi connectivity index (χ4v) is 10.2. The molecule has 1 aliphatic carbocycles. The van der Waals surface area contributed by atoms with Crippen molar-refractivity contribution in [2.75, 3.05) is 20.8 Å². The van der Waals surface area contributed by atoms with E-state index in [4.69, 9.17) is 28.4 Å². The Balaban J connectivity index is 0.974. The molecule has 9 rings (SSSR count). The smallest absolute Gasteiger partial charge is 0.407 e. The van der Waals surface area contributed by atoms with E-state index in [1.807, 2.05) is 129 Å². The molecule has 392 valence electrons. The monoisotopic (exact) mass is 1030 g/mol. The van der Waals surface area contributed by atoms with Gasteiger partial charge in [-0.1, -0.05) is 123 Å². The number of amides is 3. The molecule has 0 saturated heterocycles. The molecule has 0 fully saturated rings. The molecule has 0 radical (unpaired) electrons. The van der Waals surface area contributed by atoms with Gasteiger partial charge in [0.25, 0.3) is 0 Å². The molecule has 2 heterocycles. The van der Waals surface area contributed by atoms with Crippen LogP contribution in [0.3, 0.4) is 0 Å². The first-order valence-corrected chi connectivity index (χ1v) is 25.3. The molecule has 2 atom stereocenters. The number of aromatic amines is 1. The zero-order valence-corrected chi connectivity index (χ0v) is 43.7. The van der Waals surface area contributed by atoms with E-state index in [2.05, 4.69) is 20.9 Å². The lowest BCUT2D eigenvalue weighted by atomic mass is 9.74. The number of fused-ring (bicyclic) bond motifs is 6. The fraction of sp³-hybridized carbons (Fsp3) is 0.295. The quantitative estimate of drug-likeness (QED) is 0.0472. The summed E-state index contributed by atoms with van der Waals surface area (Å²) in [5, 5.41) is 9.33. The van der Waals surface area contributed by atoms with Crippen LogP contribution >= 0.6 is 0 Å². The summed E-state index contributed by atoms with van der Waals surface area (Å²) in [5.41, 5.74) is 7.43. The molecule has 1 aliphatic heterocycles. The van der Waals surface area contributed by atoms with E-state index in [-0.39, 0.29) is 38.5 Å². The first-order valence-electron chi connectivity index (χ1n) is 25.3. The van der Waals surface area contributed by atoms with E-state index >= 15 is 0 Å². The van der Waals surface area contributed by atoms with Crippen LogP contribution in [0.15, 0.2) is 134 Å². The number of rotatable bonds is 18. The van der Waals surface area contributed by atoms with E-state index in [1.54, 1.807) is 39.1 Å². The number of H-pyrrole nitrogens is 1. The van der Waals surface area contributed by atoms with Crippen molar-refractivity contribution in [2.45, 2.75) is 96.1 Å². The van der Waals surface area contributed by atoms with Crippen molar-refractivity contribution in [3.63, 3.8) is 0 Å². The number of benzene rings is 6. The maximum Gasteiger partial charge on any atom is 0.407 e. The van der Waals surface area contributed by atoms with E-state index in [0.29, 0.717) is 34.1 Å². The molecular weight excluding hydrogens is 965 g/mol. The number of para-hydroxylation sites is 1. The zero-order valence-electron chi connectivity index (χ0n) is 43.7. The van der Waals surface area contributed by atoms with Crippen LogP contribution in [0, 0.1) is 0 Å². The number of nitrogens with one attached hydrogen (secondary N) is 4. The molecule has 0 bridgehead atoms. The molecule has 4 N–H and O–H groups in total. The van der Waals surface area contributed by atoms with Crippen LogP contribution in [-0.4, -0.2) is 73.3 Å². The van der Waals surface area contributed by atoms with Crippen LogP contribution in [0.25, 0.3) is 22.0 Å². The third kappa shape index (κ3) is 11.2. The van der Waals surface area contributed by atoms with Crippen molar-refractivity contribution in [3.05, 3.63) is 178 Å². The average Bonchev–Trinajstić information content (AvgIpc) is 3.97. The number of aromatic nitrogens is 1. The third-order valence-electron chi connectivity index (χ3n) is 13.9. The van der Waals surface area contributed by atoms with Gasteiger partial charge in [0.05, 0.1) is 39.2 Å². The van der Waals surface area contributed by atoms with Crippen molar-refractivity contribution >= 4 is 40.7 Å². The highest BCUT2D eigenvalue weighted by Crippen LogP contribution is 2.53. The van der Waals surface area contributed by atoms with Crippen molar-refractivity contribution in [1.82, 2.24) is 20.9 Å². The Morgan fingerprint density at radius 1 is 0.671 bits per heavy atom. The molecule has 6 aromatic carbocycles. The summed E-state index contributed by atoms with van der Waals surface area (Å²) in [5.74, 6) is -1.38. The summed E-state index contributed by atoms with van der Waals surface area (Å²) in [6.45, 7) is 9.06. The maximum absolute atomic E-state index is 14.7. The largest absolute Gasteiger partial charge is 0.496 e. The molecular formula is C61H62N4O11. The van der Waals surface area contributed by atoms with Crippen LogP contribution in [0.1, 0.15) is 91.5 Å². The molecule has 7 aromatic rings. The first-order chi connectivity index (χ1) is 36.5. The lowest BCUT2D eigenvalue weighted by Gasteiger charge is -2.37. The van der Waals surface area contributed by atoms with Gasteiger partial charge in [0, 0.05) is 51.5 Å². The lowest BCUT2D eigenvalue weighted by Crippen LogP contribution is -2.55. The summed E-state index contributed by atoms with van der Waals surface area (Å²) in [7, 11) is 3.01. The summed E-state index contributed by atoms with van der Waals surface area (Å²) in [6, 6.07) is 37.5. The van der Waals surface area contributed by atoms with E-state index < -0.39 is 59.4 Å². The second-order valence-corrected chi connectivity index (χ2v) is 20.5. The summed E-state index contributed by atoms with van der Waals surface area (Å²) in [4.78, 5) is 73.6. The van der Waals surface area contributed by atoms with Gasteiger partial charge in [0.1, 0.15) is 53.9 Å². The van der Waals surface area contributed by atoms with Crippen molar-refractivity contribution in [2.24, 2.45) is 0 Å². The molecule has 1 aromatic heterocycles. The van der Waals surface area contributed by atoms with Crippen LogP contribution in [0.4, 0.5) is 4.79 Å². The predicted octanol–water partition coefficient (Wildman–Crippen LogP) is 9.89. The van der Waals surface area contributed by atoms with Gasteiger partial charge in [-0.2, -0.15) is 0 Å². The highest BCUT2D eigenvalue weighted by molar-refractivity contribution is 5.94. The van der Waals surface area contributed by atoms with Gasteiger partial charge in [-0.25, -0.2) is 4.79 Å². The second-order valence-electron chi connectivity index (χ2n) is 20.5. The van der Waals surface area contributed by atoms with Gasteiger partial charge in [-0.3, -0.25) is 19.2 Å². The Bertz CT molecular complexity index is 3280. The molecule has 0 unspecified atom stereocenters. The Morgan fingerprint density at radius 3 is 1.93 bits per heavy atom. The predicted molar refractivity (Wildman–Crippen MR) is 286 cm³/mol. The number of alkyl carbamates (subject to hydrolysis) is 1. The lowest BCUT2D eigenvalue weighted by molar-refractivity contribution is -0.156. The van der Waals surface area contributed by atoms with Gasteiger partial charge in [-0.15, -0.1) is 0 Å². The van der Waals surface area contributed by atoms with Crippen molar-refractivity contribution in [1.29, 1.82) is 0 Å².